The van der Waals surface area contributed by atoms with E-state index in [-0.39, 0.29) is 17.9 Å². The number of carbonyl (C=O) groups excluding carboxylic acids is 2. The Morgan fingerprint density at radius 3 is 2.86 bits per heavy atom. The van der Waals surface area contributed by atoms with Crippen LogP contribution in [0.2, 0.25) is 0 Å². The highest BCUT2D eigenvalue weighted by atomic mass is 16.6. The number of hydrogen-bond donors (Lipinski definition) is 1. The molecular formula is C9H16N2O3. The molecule has 1 aliphatic heterocycles. The van der Waals surface area contributed by atoms with Crippen molar-refractivity contribution in [3.63, 3.8) is 0 Å². The Morgan fingerprint density at radius 1 is 1.71 bits per heavy atom. The van der Waals surface area contributed by atoms with Crippen molar-refractivity contribution in [2.24, 2.45) is 11.7 Å². The largest absolute Gasteiger partial charge is 0.446 e. The van der Waals surface area contributed by atoms with E-state index in [1.807, 2.05) is 0 Å². The number of nitrogens with zero attached hydrogens (tertiary/aromatic N) is 1. The van der Waals surface area contributed by atoms with Crippen molar-refractivity contribution < 1.29 is 14.3 Å². The van der Waals surface area contributed by atoms with Crippen LogP contribution in [-0.2, 0) is 9.53 Å². The predicted octanol–water partition coefficient (Wildman–Crippen LogP) is 0.339. The van der Waals surface area contributed by atoms with Crippen LogP contribution in [0.3, 0.4) is 0 Å². The maximum absolute atomic E-state index is 11.3. The number of ether oxygens (including phenoxy) is 1. The molecule has 1 fully saturated rings. The normalized spacial score (nSPS) is 24.6. The summed E-state index contributed by atoms with van der Waals surface area (Å²) in [6.45, 7) is 2.49. The average molecular weight is 200 g/mol. The predicted molar refractivity (Wildman–Crippen MR) is 50.5 cm³/mol. The molecule has 2 unspecified atom stereocenters. The maximum atomic E-state index is 11.3. The molecule has 0 spiro atoms. The first-order chi connectivity index (χ1) is 6.50. The fourth-order valence-electron chi connectivity index (χ4n) is 1.65. The van der Waals surface area contributed by atoms with Gasteiger partial charge in [-0.05, 0) is 13.3 Å². The van der Waals surface area contributed by atoms with Gasteiger partial charge in [0.15, 0.2) is 0 Å². The second kappa shape index (κ2) is 4.30. The van der Waals surface area contributed by atoms with Gasteiger partial charge in [-0.2, -0.15) is 0 Å². The zero-order valence-electron chi connectivity index (χ0n) is 8.53. The van der Waals surface area contributed by atoms with Crippen LogP contribution in [0.25, 0.3) is 0 Å². The lowest BCUT2D eigenvalue weighted by Gasteiger charge is -2.31. The van der Waals surface area contributed by atoms with Gasteiger partial charge >= 0.3 is 6.09 Å². The summed E-state index contributed by atoms with van der Waals surface area (Å²) in [7, 11) is 1.78. The molecular weight excluding hydrogens is 184 g/mol. The van der Waals surface area contributed by atoms with E-state index in [2.05, 4.69) is 0 Å². The molecule has 80 valence electrons. The van der Waals surface area contributed by atoms with E-state index in [0.29, 0.717) is 6.42 Å². The van der Waals surface area contributed by atoms with E-state index < -0.39 is 6.09 Å². The average Bonchev–Trinajstić information content (AvgIpc) is 2.08. The van der Waals surface area contributed by atoms with Crippen LogP contribution in [0.4, 0.5) is 4.79 Å². The Hall–Kier alpha value is -1.26. The molecule has 1 rings (SSSR count). The van der Waals surface area contributed by atoms with Crippen LogP contribution in [0.15, 0.2) is 0 Å². The summed E-state index contributed by atoms with van der Waals surface area (Å²) < 4.78 is 4.84. The van der Waals surface area contributed by atoms with Gasteiger partial charge in [0.2, 0.25) is 5.91 Å². The Labute approximate surface area is 83.2 Å². The Kier molecular flexibility index (Phi) is 3.33. The minimum Gasteiger partial charge on any atom is -0.446 e. The van der Waals surface area contributed by atoms with E-state index in [0.717, 1.165) is 13.0 Å². The van der Waals surface area contributed by atoms with E-state index in [4.69, 9.17) is 10.5 Å². The van der Waals surface area contributed by atoms with Crippen LogP contribution in [0, 0.1) is 5.92 Å². The standard InChI is InChI=1S/C9H16N2O3/c1-6(14-9(10)13)7-3-4-11(2)8(12)5-7/h6-7H,3-5H2,1-2H3,(H2,10,13). The van der Waals surface area contributed by atoms with Gasteiger partial charge in [0, 0.05) is 25.9 Å². The maximum Gasteiger partial charge on any atom is 0.404 e. The molecule has 0 aromatic rings. The first kappa shape index (κ1) is 10.8. The number of piperidine rings is 1. The molecule has 5 heteroatoms. The number of primary amides is 1. The number of carbonyl (C=O) groups is 2. The van der Waals surface area contributed by atoms with Crippen molar-refractivity contribution in [3.05, 3.63) is 0 Å². The van der Waals surface area contributed by atoms with E-state index in [9.17, 15) is 9.59 Å². The fraction of sp³-hybridized carbons (Fsp3) is 0.778. The van der Waals surface area contributed by atoms with Gasteiger partial charge in [0.25, 0.3) is 0 Å². The molecule has 0 radical (unpaired) electrons. The molecule has 2 N–H and O–H groups in total. The highest BCUT2D eigenvalue weighted by Crippen LogP contribution is 2.22. The van der Waals surface area contributed by atoms with Gasteiger partial charge in [0.05, 0.1) is 0 Å². The summed E-state index contributed by atoms with van der Waals surface area (Å²) in [6, 6.07) is 0. The fourth-order valence-corrected chi connectivity index (χ4v) is 1.65. The van der Waals surface area contributed by atoms with Crippen LogP contribution in [-0.4, -0.2) is 36.6 Å². The van der Waals surface area contributed by atoms with Crippen molar-refractivity contribution in [3.8, 4) is 0 Å². The van der Waals surface area contributed by atoms with E-state index in [1.54, 1.807) is 18.9 Å². The molecule has 1 saturated heterocycles. The summed E-state index contributed by atoms with van der Waals surface area (Å²) in [5, 5.41) is 0. The number of likely N-dealkylation sites (tertiary alicyclic amines) is 1. The van der Waals surface area contributed by atoms with Gasteiger partial charge in [-0.1, -0.05) is 0 Å². The highest BCUT2D eigenvalue weighted by Gasteiger charge is 2.28. The third-order valence-electron chi connectivity index (χ3n) is 2.66. The van der Waals surface area contributed by atoms with Crippen molar-refractivity contribution in [2.75, 3.05) is 13.6 Å². The van der Waals surface area contributed by atoms with Crippen molar-refractivity contribution in [2.45, 2.75) is 25.9 Å². The molecule has 0 aliphatic carbocycles. The number of hydrogen-bond acceptors (Lipinski definition) is 3. The zero-order chi connectivity index (χ0) is 10.7. The summed E-state index contributed by atoms with van der Waals surface area (Å²) >= 11 is 0. The van der Waals surface area contributed by atoms with Crippen LogP contribution >= 0.6 is 0 Å². The van der Waals surface area contributed by atoms with Gasteiger partial charge in [-0.25, -0.2) is 4.79 Å². The molecule has 2 amide bonds. The zero-order valence-corrected chi connectivity index (χ0v) is 8.53. The van der Waals surface area contributed by atoms with Crippen LogP contribution < -0.4 is 5.73 Å². The molecule has 0 aromatic carbocycles. The molecule has 1 heterocycles. The number of amides is 2. The monoisotopic (exact) mass is 200 g/mol. The lowest BCUT2D eigenvalue weighted by Crippen LogP contribution is -2.40. The third-order valence-corrected chi connectivity index (χ3v) is 2.66. The Morgan fingerprint density at radius 2 is 2.36 bits per heavy atom. The lowest BCUT2D eigenvalue weighted by molar-refractivity contribution is -0.135. The highest BCUT2D eigenvalue weighted by molar-refractivity contribution is 5.77. The second-order valence-electron chi connectivity index (χ2n) is 3.71. The van der Waals surface area contributed by atoms with Crippen molar-refractivity contribution in [1.82, 2.24) is 4.90 Å². The summed E-state index contributed by atoms with van der Waals surface area (Å²) in [5.74, 6) is 0.201. The van der Waals surface area contributed by atoms with E-state index in [1.165, 1.54) is 0 Å². The SMILES string of the molecule is CC(OC(N)=O)C1CCN(C)C(=O)C1. The minimum absolute atomic E-state index is 0.0983. The minimum atomic E-state index is -0.774. The van der Waals surface area contributed by atoms with E-state index >= 15 is 0 Å². The molecule has 0 bridgehead atoms. The summed E-state index contributed by atoms with van der Waals surface area (Å²) in [4.78, 5) is 23.5. The molecule has 0 aromatic heterocycles. The topological polar surface area (TPSA) is 72.6 Å². The second-order valence-corrected chi connectivity index (χ2v) is 3.71. The van der Waals surface area contributed by atoms with Crippen molar-refractivity contribution in [1.29, 1.82) is 0 Å². The Balaban J connectivity index is 2.46. The van der Waals surface area contributed by atoms with Gasteiger partial charge in [-0.3, -0.25) is 4.79 Å². The molecule has 5 nitrogen and oxygen atoms in total. The van der Waals surface area contributed by atoms with Gasteiger partial charge in [-0.15, -0.1) is 0 Å². The Bertz CT molecular complexity index is 242. The molecule has 2 atom stereocenters. The first-order valence-electron chi connectivity index (χ1n) is 4.70. The smallest absolute Gasteiger partial charge is 0.404 e. The number of nitrogens with two attached hydrogens (primary N) is 1. The van der Waals surface area contributed by atoms with Gasteiger partial charge in [0.1, 0.15) is 6.10 Å². The van der Waals surface area contributed by atoms with Crippen molar-refractivity contribution >= 4 is 12.0 Å². The van der Waals surface area contributed by atoms with Gasteiger partial charge < -0.3 is 15.4 Å². The number of rotatable bonds is 2. The van der Waals surface area contributed by atoms with Crippen LogP contribution in [0.1, 0.15) is 19.8 Å². The summed E-state index contributed by atoms with van der Waals surface area (Å²) in [6.07, 6.45) is 0.246. The third kappa shape index (κ3) is 2.61. The molecule has 1 aliphatic rings. The first-order valence-corrected chi connectivity index (χ1v) is 4.70. The quantitative estimate of drug-likeness (QED) is 0.698. The molecule has 0 saturated carbocycles. The summed E-state index contributed by atoms with van der Waals surface area (Å²) in [5.41, 5.74) is 4.91. The lowest BCUT2D eigenvalue weighted by atomic mass is 9.92. The molecule has 14 heavy (non-hydrogen) atoms. The van der Waals surface area contributed by atoms with Crippen LogP contribution in [0.5, 0.6) is 0 Å².